The maximum absolute atomic E-state index is 11.9. The minimum atomic E-state index is -0.816. The summed E-state index contributed by atoms with van der Waals surface area (Å²) in [6.07, 6.45) is 1.08. The average Bonchev–Trinajstić information content (AvgIpc) is 2.94. The van der Waals surface area contributed by atoms with E-state index >= 15 is 0 Å². The van der Waals surface area contributed by atoms with Gasteiger partial charge in [0.1, 0.15) is 0 Å². The fraction of sp³-hybridized carbons (Fsp3) is 0.429. The summed E-state index contributed by atoms with van der Waals surface area (Å²) in [6.45, 7) is 1.24. The van der Waals surface area contributed by atoms with Gasteiger partial charge >= 0.3 is 5.97 Å². The maximum atomic E-state index is 11.9. The molecule has 0 amide bonds. The lowest BCUT2D eigenvalue weighted by atomic mass is 9.73. The molecule has 7 heteroatoms. The van der Waals surface area contributed by atoms with E-state index in [0.717, 1.165) is 5.56 Å². The molecule has 1 saturated heterocycles. The van der Waals surface area contributed by atoms with E-state index in [9.17, 15) is 9.90 Å². The molecule has 7 nitrogen and oxygen atoms in total. The van der Waals surface area contributed by atoms with Crippen LogP contribution in [0.5, 0.6) is 0 Å². The number of rotatable bonds is 3. The van der Waals surface area contributed by atoms with Gasteiger partial charge in [0.2, 0.25) is 5.95 Å². The van der Waals surface area contributed by atoms with Crippen molar-refractivity contribution in [2.45, 2.75) is 18.3 Å². The van der Waals surface area contributed by atoms with E-state index in [-0.39, 0.29) is 0 Å². The van der Waals surface area contributed by atoms with Crippen molar-refractivity contribution in [2.75, 3.05) is 18.0 Å². The van der Waals surface area contributed by atoms with Crippen LogP contribution < -0.4 is 4.90 Å². The number of aryl methyl sites for hydroxylation is 1. The number of aliphatic carboxylic acids is 1. The van der Waals surface area contributed by atoms with Crippen molar-refractivity contribution in [3.8, 4) is 0 Å². The third kappa shape index (κ3) is 2.24. The van der Waals surface area contributed by atoms with Crippen molar-refractivity contribution in [3.63, 3.8) is 0 Å². The van der Waals surface area contributed by atoms with Crippen LogP contribution in [0.15, 0.2) is 30.3 Å². The van der Waals surface area contributed by atoms with Gasteiger partial charge in [0.05, 0.1) is 5.41 Å². The van der Waals surface area contributed by atoms with Gasteiger partial charge in [-0.05, 0) is 28.8 Å². The summed E-state index contributed by atoms with van der Waals surface area (Å²) >= 11 is 0. The maximum Gasteiger partial charge on any atom is 0.314 e. The Bertz CT molecular complexity index is 632. The quantitative estimate of drug-likeness (QED) is 0.900. The summed E-state index contributed by atoms with van der Waals surface area (Å²) in [7, 11) is 1.78. The Balaban J connectivity index is 1.85. The highest BCUT2D eigenvalue weighted by Gasteiger charge is 2.43. The highest BCUT2D eigenvalue weighted by molar-refractivity contribution is 5.81. The van der Waals surface area contributed by atoms with Crippen molar-refractivity contribution in [1.29, 1.82) is 0 Å². The molecule has 1 N–H and O–H groups in total. The molecule has 0 unspecified atom stereocenters. The SMILES string of the molecule is Cn1nnnc1N1CCC(C(=O)O)(c2ccccc2)CC1. The number of carboxylic acids is 1. The van der Waals surface area contributed by atoms with Crippen molar-refractivity contribution in [2.24, 2.45) is 7.05 Å². The van der Waals surface area contributed by atoms with Crippen molar-refractivity contribution >= 4 is 11.9 Å². The van der Waals surface area contributed by atoms with Gasteiger partial charge in [0.15, 0.2) is 0 Å². The fourth-order valence-electron chi connectivity index (χ4n) is 2.96. The van der Waals surface area contributed by atoms with Gasteiger partial charge in [-0.15, -0.1) is 0 Å². The lowest BCUT2D eigenvalue weighted by molar-refractivity contribution is -0.144. The minimum Gasteiger partial charge on any atom is -0.481 e. The van der Waals surface area contributed by atoms with E-state index in [0.29, 0.717) is 31.9 Å². The monoisotopic (exact) mass is 287 g/mol. The Labute approximate surface area is 122 Å². The van der Waals surface area contributed by atoms with Gasteiger partial charge in [-0.3, -0.25) is 4.79 Å². The number of anilines is 1. The van der Waals surface area contributed by atoms with Crippen LogP contribution in [0.4, 0.5) is 5.95 Å². The van der Waals surface area contributed by atoms with Crippen molar-refractivity contribution < 1.29 is 9.90 Å². The predicted molar refractivity (Wildman–Crippen MR) is 76.0 cm³/mol. The number of hydrogen-bond acceptors (Lipinski definition) is 5. The molecule has 21 heavy (non-hydrogen) atoms. The molecule has 1 aromatic carbocycles. The molecular weight excluding hydrogens is 270 g/mol. The number of benzene rings is 1. The molecule has 0 bridgehead atoms. The molecule has 2 heterocycles. The first-order valence-corrected chi connectivity index (χ1v) is 6.90. The Morgan fingerprint density at radius 2 is 1.90 bits per heavy atom. The largest absolute Gasteiger partial charge is 0.481 e. The van der Waals surface area contributed by atoms with Crippen molar-refractivity contribution in [3.05, 3.63) is 35.9 Å². The summed E-state index contributed by atoms with van der Waals surface area (Å²) in [4.78, 5) is 13.9. The molecular formula is C14H17N5O2. The third-order valence-corrected chi connectivity index (χ3v) is 4.23. The molecule has 3 rings (SSSR count). The second kappa shape index (κ2) is 5.16. The number of piperidine rings is 1. The van der Waals surface area contributed by atoms with Gasteiger partial charge in [-0.1, -0.05) is 35.4 Å². The second-order valence-electron chi connectivity index (χ2n) is 5.34. The molecule has 110 valence electrons. The van der Waals surface area contributed by atoms with E-state index in [1.165, 1.54) is 0 Å². The van der Waals surface area contributed by atoms with Crippen LogP contribution in [0, 0.1) is 0 Å². The van der Waals surface area contributed by atoms with E-state index in [4.69, 9.17) is 0 Å². The summed E-state index contributed by atoms with van der Waals surface area (Å²) in [5.74, 6) is -0.0773. The van der Waals surface area contributed by atoms with Crippen LogP contribution in [-0.4, -0.2) is 44.4 Å². The van der Waals surface area contributed by atoms with E-state index in [2.05, 4.69) is 15.5 Å². The van der Waals surface area contributed by atoms with E-state index in [1.807, 2.05) is 35.2 Å². The van der Waals surface area contributed by atoms with Gasteiger partial charge in [0, 0.05) is 20.1 Å². The topological polar surface area (TPSA) is 84.1 Å². The lowest BCUT2D eigenvalue weighted by Gasteiger charge is -2.39. The van der Waals surface area contributed by atoms with Crippen molar-refractivity contribution in [1.82, 2.24) is 20.2 Å². The molecule has 0 radical (unpaired) electrons. The Kier molecular flexibility index (Phi) is 3.32. The molecule has 0 spiro atoms. The molecule has 0 atom stereocenters. The zero-order valence-corrected chi connectivity index (χ0v) is 11.8. The molecule has 2 aromatic rings. The third-order valence-electron chi connectivity index (χ3n) is 4.23. The Morgan fingerprint density at radius 3 is 2.43 bits per heavy atom. The molecule has 1 aliphatic heterocycles. The normalized spacial score (nSPS) is 17.7. The van der Waals surface area contributed by atoms with E-state index < -0.39 is 11.4 Å². The van der Waals surface area contributed by atoms with Gasteiger partial charge in [-0.2, -0.15) is 0 Å². The van der Waals surface area contributed by atoms with Gasteiger partial charge in [-0.25, -0.2) is 4.68 Å². The van der Waals surface area contributed by atoms with Crippen LogP contribution in [-0.2, 0) is 17.3 Å². The molecule has 0 saturated carbocycles. The number of aromatic nitrogens is 4. The fourth-order valence-corrected chi connectivity index (χ4v) is 2.96. The van der Waals surface area contributed by atoms with Crippen LogP contribution in [0.25, 0.3) is 0 Å². The van der Waals surface area contributed by atoms with Crippen LogP contribution >= 0.6 is 0 Å². The first-order valence-electron chi connectivity index (χ1n) is 6.90. The lowest BCUT2D eigenvalue weighted by Crippen LogP contribution is -2.48. The number of hydrogen-bond donors (Lipinski definition) is 1. The standard InChI is InChI=1S/C14H17N5O2/c1-18-13(15-16-17-18)19-9-7-14(8-10-19,12(20)21)11-5-3-2-4-6-11/h2-6H,7-10H2,1H3,(H,20,21). The Morgan fingerprint density at radius 1 is 1.24 bits per heavy atom. The summed E-state index contributed by atoms with van der Waals surface area (Å²) in [5.41, 5.74) is 0.0530. The second-order valence-corrected chi connectivity index (χ2v) is 5.34. The number of nitrogens with zero attached hydrogens (tertiary/aromatic N) is 5. The van der Waals surface area contributed by atoms with Gasteiger partial charge < -0.3 is 10.0 Å². The average molecular weight is 287 g/mol. The summed E-state index contributed by atoms with van der Waals surface area (Å²) in [6, 6.07) is 9.47. The first-order chi connectivity index (χ1) is 10.1. The van der Waals surface area contributed by atoms with Crippen LogP contribution in [0.3, 0.4) is 0 Å². The molecule has 1 aromatic heterocycles. The smallest absolute Gasteiger partial charge is 0.314 e. The minimum absolute atomic E-state index is 0.541. The molecule has 0 aliphatic carbocycles. The predicted octanol–water partition coefficient (Wildman–Crippen LogP) is 0.833. The molecule has 1 aliphatic rings. The summed E-state index contributed by atoms with van der Waals surface area (Å²) in [5, 5.41) is 21.2. The van der Waals surface area contributed by atoms with Crippen LogP contribution in [0.2, 0.25) is 0 Å². The van der Waals surface area contributed by atoms with Crippen LogP contribution in [0.1, 0.15) is 18.4 Å². The molecule has 1 fully saturated rings. The van der Waals surface area contributed by atoms with E-state index in [1.54, 1.807) is 11.7 Å². The number of carbonyl (C=O) groups is 1. The number of carboxylic acid groups (broad SMARTS) is 1. The Hall–Kier alpha value is -2.44. The zero-order chi connectivity index (χ0) is 14.9. The zero-order valence-electron chi connectivity index (χ0n) is 11.8. The first kappa shape index (κ1) is 13.5. The highest BCUT2D eigenvalue weighted by Crippen LogP contribution is 2.36. The van der Waals surface area contributed by atoms with Gasteiger partial charge in [0.25, 0.3) is 0 Å². The highest BCUT2D eigenvalue weighted by atomic mass is 16.4. The summed E-state index contributed by atoms with van der Waals surface area (Å²) < 4.78 is 1.61. The number of tetrazole rings is 1.